The smallest absolute Gasteiger partial charge is 0.324 e. The van der Waals surface area contributed by atoms with Gasteiger partial charge in [-0.1, -0.05) is 35.9 Å². The summed E-state index contributed by atoms with van der Waals surface area (Å²) in [6.07, 6.45) is -3.71. The van der Waals surface area contributed by atoms with Crippen LogP contribution in [0.1, 0.15) is 33.9 Å². The molecule has 2 N–H and O–H groups in total. The van der Waals surface area contributed by atoms with Crippen molar-refractivity contribution >= 4 is 0 Å². The van der Waals surface area contributed by atoms with Crippen LogP contribution >= 0.6 is 0 Å². The van der Waals surface area contributed by atoms with Crippen LogP contribution in [0.5, 0.6) is 0 Å². The van der Waals surface area contributed by atoms with E-state index in [4.69, 9.17) is 5.73 Å². The monoisotopic (exact) mass is 293 g/mol. The Morgan fingerprint density at radius 2 is 1.62 bits per heavy atom. The van der Waals surface area contributed by atoms with Gasteiger partial charge < -0.3 is 5.73 Å². The molecule has 21 heavy (non-hydrogen) atoms. The zero-order chi connectivity index (χ0) is 15.6. The average Bonchev–Trinajstić information content (AvgIpc) is 2.40. The quantitative estimate of drug-likeness (QED) is 0.881. The van der Waals surface area contributed by atoms with E-state index in [1.807, 2.05) is 31.2 Å². The number of hydrogen-bond acceptors (Lipinski definition) is 1. The Kier molecular flexibility index (Phi) is 4.37. The summed E-state index contributed by atoms with van der Waals surface area (Å²) >= 11 is 0. The fraction of sp³-hybridized carbons (Fsp3) is 0.294. The summed E-state index contributed by atoms with van der Waals surface area (Å²) in [5, 5.41) is 0. The maximum absolute atomic E-state index is 12.7. The van der Waals surface area contributed by atoms with E-state index in [1.54, 1.807) is 6.92 Å². The molecule has 0 amide bonds. The fourth-order valence-electron chi connectivity index (χ4n) is 2.36. The van der Waals surface area contributed by atoms with Crippen LogP contribution in [-0.2, 0) is 12.6 Å². The molecule has 2 rings (SSSR count). The Morgan fingerprint density at radius 3 is 2.14 bits per heavy atom. The zero-order valence-corrected chi connectivity index (χ0v) is 12.0. The molecule has 1 unspecified atom stereocenters. The van der Waals surface area contributed by atoms with Crippen molar-refractivity contribution in [3.8, 4) is 0 Å². The van der Waals surface area contributed by atoms with Gasteiger partial charge in [-0.25, -0.2) is 0 Å². The van der Waals surface area contributed by atoms with Crippen molar-refractivity contribution in [2.24, 2.45) is 5.73 Å². The number of aryl methyl sites for hydroxylation is 2. The molecule has 0 bridgehead atoms. The Labute approximate surface area is 122 Å². The zero-order valence-electron chi connectivity index (χ0n) is 12.0. The first kappa shape index (κ1) is 15.6. The molecule has 0 radical (unpaired) electrons. The van der Waals surface area contributed by atoms with Crippen LogP contribution in [0.3, 0.4) is 0 Å². The summed E-state index contributed by atoms with van der Waals surface area (Å²) < 4.78 is 38.0. The van der Waals surface area contributed by atoms with Crippen molar-refractivity contribution in [3.63, 3.8) is 0 Å². The third-order valence-corrected chi connectivity index (χ3v) is 3.57. The molecule has 0 aliphatic rings. The Bertz CT molecular complexity index is 615. The molecule has 0 heterocycles. The van der Waals surface area contributed by atoms with Gasteiger partial charge in [-0.2, -0.15) is 13.2 Å². The minimum atomic E-state index is -4.32. The molecule has 112 valence electrons. The van der Waals surface area contributed by atoms with Gasteiger partial charge in [0.25, 0.3) is 0 Å². The predicted molar refractivity (Wildman–Crippen MR) is 78.0 cm³/mol. The lowest BCUT2D eigenvalue weighted by molar-refractivity contribution is -0.137. The van der Waals surface area contributed by atoms with Crippen molar-refractivity contribution in [1.82, 2.24) is 0 Å². The van der Waals surface area contributed by atoms with Gasteiger partial charge in [0.05, 0.1) is 5.56 Å². The summed E-state index contributed by atoms with van der Waals surface area (Å²) in [6, 6.07) is 11.4. The molecule has 4 heteroatoms. The number of alkyl halides is 3. The summed E-state index contributed by atoms with van der Waals surface area (Å²) in [4.78, 5) is 0. The van der Waals surface area contributed by atoms with E-state index in [0.29, 0.717) is 12.0 Å². The maximum Gasteiger partial charge on any atom is 0.416 e. The summed E-state index contributed by atoms with van der Waals surface area (Å²) in [5.41, 5.74) is 9.08. The van der Waals surface area contributed by atoms with Crippen molar-refractivity contribution in [2.45, 2.75) is 32.5 Å². The van der Waals surface area contributed by atoms with E-state index < -0.39 is 11.7 Å². The molecular formula is C17H18F3N. The topological polar surface area (TPSA) is 26.0 Å². The molecule has 0 aromatic heterocycles. The normalized spacial score (nSPS) is 13.2. The van der Waals surface area contributed by atoms with Crippen LogP contribution in [0.25, 0.3) is 0 Å². The molecule has 2 aromatic carbocycles. The second kappa shape index (κ2) is 5.90. The summed E-state index contributed by atoms with van der Waals surface area (Å²) in [5.74, 6) is 0. The SMILES string of the molecule is Cc1ccc(CC(N)c2ccc(C(F)(F)F)cc2C)cc1. The van der Waals surface area contributed by atoms with Crippen LogP contribution in [0.4, 0.5) is 13.2 Å². The van der Waals surface area contributed by atoms with Gasteiger partial charge in [-0.15, -0.1) is 0 Å². The molecule has 2 aromatic rings. The highest BCUT2D eigenvalue weighted by atomic mass is 19.4. The van der Waals surface area contributed by atoms with E-state index in [9.17, 15) is 13.2 Å². The molecule has 0 saturated heterocycles. The van der Waals surface area contributed by atoms with E-state index >= 15 is 0 Å². The van der Waals surface area contributed by atoms with Crippen molar-refractivity contribution in [1.29, 1.82) is 0 Å². The molecule has 0 fully saturated rings. The highest BCUT2D eigenvalue weighted by Crippen LogP contribution is 2.31. The van der Waals surface area contributed by atoms with Crippen molar-refractivity contribution in [2.75, 3.05) is 0 Å². The molecular weight excluding hydrogens is 275 g/mol. The van der Waals surface area contributed by atoms with E-state index in [0.717, 1.165) is 28.8 Å². The number of benzene rings is 2. The van der Waals surface area contributed by atoms with Crippen LogP contribution < -0.4 is 5.73 Å². The second-order valence-corrected chi connectivity index (χ2v) is 5.37. The van der Waals surface area contributed by atoms with E-state index in [-0.39, 0.29) is 6.04 Å². The highest BCUT2D eigenvalue weighted by Gasteiger charge is 2.30. The van der Waals surface area contributed by atoms with Crippen LogP contribution in [0, 0.1) is 13.8 Å². The Balaban J connectivity index is 2.19. The second-order valence-electron chi connectivity index (χ2n) is 5.37. The van der Waals surface area contributed by atoms with Gasteiger partial charge in [0.15, 0.2) is 0 Å². The number of hydrogen-bond donors (Lipinski definition) is 1. The molecule has 0 spiro atoms. The largest absolute Gasteiger partial charge is 0.416 e. The minimum absolute atomic E-state index is 0.310. The minimum Gasteiger partial charge on any atom is -0.324 e. The van der Waals surface area contributed by atoms with E-state index in [2.05, 4.69) is 0 Å². The van der Waals surface area contributed by atoms with Gasteiger partial charge in [-0.3, -0.25) is 0 Å². The van der Waals surface area contributed by atoms with Crippen molar-refractivity contribution < 1.29 is 13.2 Å². The van der Waals surface area contributed by atoms with Gasteiger partial charge in [0, 0.05) is 6.04 Å². The number of nitrogens with two attached hydrogens (primary N) is 1. The molecule has 1 atom stereocenters. The third-order valence-electron chi connectivity index (χ3n) is 3.57. The first-order valence-corrected chi connectivity index (χ1v) is 6.76. The lowest BCUT2D eigenvalue weighted by atomic mass is 9.94. The van der Waals surface area contributed by atoms with Gasteiger partial charge >= 0.3 is 6.18 Å². The van der Waals surface area contributed by atoms with Gasteiger partial charge in [0.1, 0.15) is 0 Å². The van der Waals surface area contributed by atoms with Crippen LogP contribution in [-0.4, -0.2) is 0 Å². The standard InChI is InChI=1S/C17H18F3N/c1-11-3-5-13(6-4-11)10-16(21)15-8-7-14(9-12(15)2)17(18,19)20/h3-9,16H,10,21H2,1-2H3. The van der Waals surface area contributed by atoms with Crippen LogP contribution in [0.2, 0.25) is 0 Å². The molecule has 0 aliphatic carbocycles. The Morgan fingerprint density at radius 1 is 1.00 bits per heavy atom. The lowest BCUT2D eigenvalue weighted by Gasteiger charge is -2.17. The summed E-state index contributed by atoms with van der Waals surface area (Å²) in [7, 11) is 0. The highest BCUT2D eigenvalue weighted by molar-refractivity contribution is 5.35. The van der Waals surface area contributed by atoms with Crippen LogP contribution in [0.15, 0.2) is 42.5 Å². The first-order valence-electron chi connectivity index (χ1n) is 6.76. The van der Waals surface area contributed by atoms with Gasteiger partial charge in [-0.05, 0) is 49.1 Å². The molecule has 0 saturated carbocycles. The maximum atomic E-state index is 12.7. The molecule has 1 nitrogen and oxygen atoms in total. The number of rotatable bonds is 3. The number of halogens is 3. The van der Waals surface area contributed by atoms with Crippen molar-refractivity contribution in [3.05, 3.63) is 70.3 Å². The summed E-state index contributed by atoms with van der Waals surface area (Å²) in [6.45, 7) is 3.67. The molecule has 0 aliphatic heterocycles. The third kappa shape index (κ3) is 3.85. The average molecular weight is 293 g/mol. The Hall–Kier alpha value is -1.81. The lowest BCUT2D eigenvalue weighted by Crippen LogP contribution is -2.15. The predicted octanol–water partition coefficient (Wildman–Crippen LogP) is 4.56. The first-order chi connectivity index (χ1) is 9.77. The van der Waals surface area contributed by atoms with Gasteiger partial charge in [0.2, 0.25) is 0 Å². The van der Waals surface area contributed by atoms with E-state index in [1.165, 1.54) is 6.07 Å². The fourth-order valence-corrected chi connectivity index (χ4v) is 2.36.